The van der Waals surface area contributed by atoms with E-state index in [4.69, 9.17) is 0 Å². The van der Waals surface area contributed by atoms with Crippen molar-refractivity contribution in [1.29, 1.82) is 0 Å². The van der Waals surface area contributed by atoms with Crippen LogP contribution in [0.2, 0.25) is 0 Å². The molecule has 0 spiro atoms. The molecule has 0 aromatic heterocycles. The Kier molecular flexibility index (Phi) is 31.3. The van der Waals surface area contributed by atoms with E-state index in [1.165, 1.54) is 5.56 Å². The first-order valence-electron chi connectivity index (χ1n) is 6.35. The van der Waals surface area contributed by atoms with Gasteiger partial charge in [0.2, 0.25) is 0 Å². The van der Waals surface area contributed by atoms with Gasteiger partial charge in [-0.3, -0.25) is 0 Å². The molecule has 0 aliphatic carbocycles. The molecule has 21 heavy (non-hydrogen) atoms. The Hall–Kier alpha value is 0.0239. The average molecular weight is 370 g/mol. The van der Waals surface area contributed by atoms with Crippen molar-refractivity contribution >= 4 is 0 Å². The van der Waals surface area contributed by atoms with E-state index in [1.807, 2.05) is 12.1 Å². The summed E-state index contributed by atoms with van der Waals surface area (Å²) in [4.78, 5) is 2.23. The molecule has 1 radical (unpaired) electrons. The van der Waals surface area contributed by atoms with E-state index in [0.717, 1.165) is 6.54 Å². The largest absolute Gasteiger partial charge is 0.300 e. The molecule has 0 aliphatic rings. The quantitative estimate of drug-likeness (QED) is 0.568. The Bertz CT molecular complexity index is 294. The van der Waals surface area contributed by atoms with Crippen molar-refractivity contribution in [3.05, 3.63) is 48.6 Å². The molecule has 0 bridgehead atoms. The van der Waals surface area contributed by atoms with Gasteiger partial charge in [-0.1, -0.05) is 72.5 Å². The molecular formula is C19H39NY. The minimum Gasteiger partial charge on any atom is -0.300 e. The summed E-state index contributed by atoms with van der Waals surface area (Å²) < 4.78 is 0. The second-order valence-electron chi connectivity index (χ2n) is 4.89. The van der Waals surface area contributed by atoms with Crippen LogP contribution >= 0.6 is 0 Å². The van der Waals surface area contributed by atoms with Crippen LogP contribution in [0.4, 0.5) is 0 Å². The van der Waals surface area contributed by atoms with Crippen molar-refractivity contribution < 1.29 is 32.7 Å². The zero-order chi connectivity index (χ0) is 13.3. The van der Waals surface area contributed by atoms with Gasteiger partial charge in [-0.15, -0.1) is 6.58 Å². The summed E-state index contributed by atoms with van der Waals surface area (Å²) in [5.74, 6) is 0.659. The summed E-state index contributed by atoms with van der Waals surface area (Å²) >= 11 is 0. The van der Waals surface area contributed by atoms with Gasteiger partial charge in [0.25, 0.3) is 0 Å². The van der Waals surface area contributed by atoms with E-state index in [2.05, 4.69) is 70.5 Å². The van der Waals surface area contributed by atoms with E-state index in [9.17, 15) is 0 Å². The molecule has 0 atom stereocenters. The fourth-order valence-electron chi connectivity index (χ4n) is 1.25. The third kappa shape index (κ3) is 18.0. The normalized spacial score (nSPS) is 8.38. The first kappa shape index (κ1) is 32.8. The van der Waals surface area contributed by atoms with Gasteiger partial charge in [-0.25, -0.2) is 0 Å². The maximum atomic E-state index is 3.64. The molecule has 0 N–H and O–H groups in total. The average Bonchev–Trinajstić information content (AvgIpc) is 2.31. The molecule has 0 fully saturated rings. The van der Waals surface area contributed by atoms with E-state index >= 15 is 0 Å². The Labute approximate surface area is 161 Å². The second-order valence-corrected chi connectivity index (χ2v) is 4.89. The maximum Gasteiger partial charge on any atom is 0.0160 e. The van der Waals surface area contributed by atoms with Crippen LogP contribution < -0.4 is 0 Å². The van der Waals surface area contributed by atoms with Crippen LogP contribution in [0.15, 0.2) is 43.0 Å². The number of benzene rings is 1. The third-order valence-electron chi connectivity index (χ3n) is 2.76. The van der Waals surface area contributed by atoms with E-state index in [1.54, 1.807) is 0 Å². The number of rotatable bonds is 4. The summed E-state index contributed by atoms with van der Waals surface area (Å²) in [5.41, 5.74) is 1.41. The predicted molar refractivity (Wildman–Crippen MR) is 98.7 cm³/mol. The van der Waals surface area contributed by atoms with Gasteiger partial charge in [0, 0.05) is 45.3 Å². The van der Waals surface area contributed by atoms with Gasteiger partial charge in [0.05, 0.1) is 0 Å². The van der Waals surface area contributed by atoms with Crippen molar-refractivity contribution in [3.8, 4) is 0 Å². The van der Waals surface area contributed by atoms with Gasteiger partial charge in [0.1, 0.15) is 0 Å². The summed E-state index contributed by atoms with van der Waals surface area (Å²) in [5, 5.41) is 0. The van der Waals surface area contributed by atoms with Gasteiger partial charge < -0.3 is 4.90 Å². The zero-order valence-corrected chi connectivity index (χ0v) is 15.4. The van der Waals surface area contributed by atoms with E-state index in [-0.39, 0.29) is 55.0 Å². The third-order valence-corrected chi connectivity index (χ3v) is 2.76. The first-order valence-corrected chi connectivity index (χ1v) is 6.35. The van der Waals surface area contributed by atoms with Crippen LogP contribution in [-0.2, 0) is 32.7 Å². The fraction of sp³-hybridized carbons (Fsp3) is 0.579. The smallest absolute Gasteiger partial charge is 0.0160 e. The molecule has 1 rings (SSSR count). The predicted octanol–water partition coefficient (Wildman–Crippen LogP) is 6.23. The summed E-state index contributed by atoms with van der Waals surface area (Å²) in [6.07, 6.45) is 1.92. The van der Waals surface area contributed by atoms with Crippen molar-refractivity contribution in [2.75, 3.05) is 13.6 Å². The van der Waals surface area contributed by atoms with Crippen molar-refractivity contribution in [2.24, 2.45) is 0 Å². The minimum absolute atomic E-state index is 0. The number of hydrogen-bond donors (Lipinski definition) is 0. The van der Waals surface area contributed by atoms with Crippen molar-refractivity contribution in [3.63, 3.8) is 0 Å². The van der Waals surface area contributed by atoms with Crippen LogP contribution in [0.3, 0.4) is 0 Å². The van der Waals surface area contributed by atoms with Crippen LogP contribution in [0, 0.1) is 0 Å². The summed E-state index contributed by atoms with van der Waals surface area (Å²) in [7, 11) is 2.09. The topological polar surface area (TPSA) is 3.24 Å². The minimum atomic E-state index is 0. The molecule has 0 saturated heterocycles. The zero-order valence-electron chi connectivity index (χ0n) is 12.6. The van der Waals surface area contributed by atoms with Crippen molar-refractivity contribution in [2.45, 2.75) is 61.9 Å². The van der Waals surface area contributed by atoms with E-state index in [0.29, 0.717) is 12.0 Å². The molecule has 0 amide bonds. The van der Waals surface area contributed by atoms with Crippen molar-refractivity contribution in [1.82, 2.24) is 4.90 Å². The second kappa shape index (κ2) is 20.0. The molecule has 0 heterocycles. The van der Waals surface area contributed by atoms with Crippen LogP contribution in [0.1, 0.15) is 61.5 Å². The van der Waals surface area contributed by atoms with Gasteiger partial charge in [0.15, 0.2) is 0 Å². The number of likely N-dealkylation sites (N-methyl/N-ethyl adjacent to an activating group) is 1. The van der Waals surface area contributed by atoms with Crippen LogP contribution in [0.25, 0.3) is 0 Å². The molecule has 2 heteroatoms. The molecule has 1 aromatic rings. The maximum absolute atomic E-state index is 3.64. The van der Waals surface area contributed by atoms with Gasteiger partial charge in [-0.05, 0) is 32.4 Å². The fourth-order valence-corrected chi connectivity index (χ4v) is 1.25. The van der Waals surface area contributed by atoms with E-state index < -0.39 is 0 Å². The Morgan fingerprint density at radius 3 is 1.62 bits per heavy atom. The van der Waals surface area contributed by atoms with Crippen LogP contribution in [0.5, 0.6) is 0 Å². The summed E-state index contributed by atoms with van der Waals surface area (Å²) in [6.45, 7) is 13.4. The molecule has 0 aliphatic heterocycles. The number of hydrogen-bond acceptors (Lipinski definition) is 1. The molecule has 0 unspecified atom stereocenters. The van der Waals surface area contributed by atoms with Gasteiger partial charge in [-0.2, -0.15) is 0 Å². The molecule has 0 saturated carbocycles. The summed E-state index contributed by atoms with van der Waals surface area (Å²) in [6, 6.07) is 11.2. The Morgan fingerprint density at radius 1 is 1.00 bits per heavy atom. The molecule has 1 nitrogen and oxygen atoms in total. The first-order chi connectivity index (χ1) is 7.99. The number of nitrogens with zero attached hydrogens (tertiary/aromatic N) is 1. The standard InChI is InChI=1S/C9H12.C7H15N.3CH4.Y/c1-8(2)9-6-4-3-5-7-9;1-5-6-8(4)7(2)3;;;;/h3-8H,1-2H3;5,7H,1,6H2,2-4H3;3*1H4;. The Morgan fingerprint density at radius 2 is 1.43 bits per heavy atom. The van der Waals surface area contributed by atoms with Gasteiger partial charge >= 0.3 is 0 Å². The molecule has 1 aromatic carbocycles. The van der Waals surface area contributed by atoms with Crippen LogP contribution in [-0.4, -0.2) is 24.5 Å². The monoisotopic (exact) mass is 370 g/mol. The Balaban J connectivity index is -0.0000000687. The molecular weight excluding hydrogens is 331 g/mol. The SMILES string of the molecule is C.C.C.C=CCN(C)C(C)C.CC(C)c1ccccc1.[Y]. The molecule has 123 valence electrons.